The quantitative estimate of drug-likeness (QED) is 0.220. The van der Waals surface area contributed by atoms with E-state index in [0.29, 0.717) is 43.0 Å². The van der Waals surface area contributed by atoms with Crippen LogP contribution in [0.4, 0.5) is 17.3 Å². The molecular formula is C36H40N4O4. The van der Waals surface area contributed by atoms with E-state index in [9.17, 15) is 4.79 Å². The number of anilines is 3. The van der Waals surface area contributed by atoms with Gasteiger partial charge in [0.05, 0.1) is 18.5 Å². The number of hydrogen-bond acceptors (Lipinski definition) is 7. The van der Waals surface area contributed by atoms with E-state index in [-0.39, 0.29) is 5.91 Å². The molecule has 0 atom stereocenters. The summed E-state index contributed by atoms with van der Waals surface area (Å²) in [6.45, 7) is 7.51. The van der Waals surface area contributed by atoms with Crippen LogP contribution in [0.25, 0.3) is 17.2 Å². The molecule has 1 saturated heterocycles. The normalized spacial score (nSPS) is 15.5. The number of carbonyl (C=O) groups is 1. The number of rotatable bonds is 9. The van der Waals surface area contributed by atoms with Crippen molar-refractivity contribution in [1.82, 2.24) is 9.88 Å². The molecule has 44 heavy (non-hydrogen) atoms. The van der Waals surface area contributed by atoms with Crippen molar-refractivity contribution in [2.24, 2.45) is 0 Å². The molecule has 2 aliphatic heterocycles. The topological polar surface area (TPSA) is 80.1 Å². The maximum atomic E-state index is 13.7. The average Bonchev–Trinajstić information content (AvgIpc) is 3.38. The van der Waals surface area contributed by atoms with Crippen LogP contribution in [0.15, 0.2) is 82.9 Å². The van der Waals surface area contributed by atoms with E-state index in [1.165, 1.54) is 5.56 Å². The third-order valence-electron chi connectivity index (χ3n) is 8.38. The number of benzene rings is 3. The minimum atomic E-state index is -0.112. The Balaban J connectivity index is 1.24. The van der Waals surface area contributed by atoms with Crippen LogP contribution in [-0.4, -0.2) is 55.2 Å². The average molecular weight is 593 g/mol. The summed E-state index contributed by atoms with van der Waals surface area (Å²) >= 11 is 0. The second-order valence-electron chi connectivity index (χ2n) is 11.4. The van der Waals surface area contributed by atoms with Gasteiger partial charge >= 0.3 is 0 Å². The zero-order valence-electron chi connectivity index (χ0n) is 25.7. The van der Waals surface area contributed by atoms with Crippen molar-refractivity contribution in [3.05, 3.63) is 95.5 Å². The maximum absolute atomic E-state index is 13.7. The zero-order chi connectivity index (χ0) is 30.5. The molecule has 2 aliphatic rings. The van der Waals surface area contributed by atoms with E-state index in [1.54, 1.807) is 6.20 Å². The lowest BCUT2D eigenvalue weighted by atomic mass is 9.99. The molecule has 1 amide bonds. The summed E-state index contributed by atoms with van der Waals surface area (Å²) in [5, 5.41) is 3.13. The monoisotopic (exact) mass is 592 g/mol. The van der Waals surface area contributed by atoms with Gasteiger partial charge in [0, 0.05) is 56.1 Å². The summed E-state index contributed by atoms with van der Waals surface area (Å²) in [6.07, 6.45) is 6.41. The van der Waals surface area contributed by atoms with E-state index in [4.69, 9.17) is 13.9 Å². The van der Waals surface area contributed by atoms with Crippen LogP contribution < -0.4 is 15.0 Å². The van der Waals surface area contributed by atoms with Crippen LogP contribution in [0.5, 0.6) is 5.75 Å². The Hall–Kier alpha value is -4.40. The molecule has 228 valence electrons. The van der Waals surface area contributed by atoms with E-state index in [0.717, 1.165) is 66.4 Å². The Morgan fingerprint density at radius 3 is 2.64 bits per heavy atom. The highest BCUT2D eigenvalue weighted by molar-refractivity contribution is 6.07. The lowest BCUT2D eigenvalue weighted by Gasteiger charge is -2.31. The molecule has 3 heterocycles. The smallest absolute Gasteiger partial charge is 0.251 e. The Labute approximate surface area is 259 Å². The maximum Gasteiger partial charge on any atom is 0.251 e. The van der Waals surface area contributed by atoms with Crippen LogP contribution in [0, 0.1) is 6.92 Å². The molecule has 8 heteroatoms. The molecule has 0 aliphatic carbocycles. The number of nitrogens with zero attached hydrogens (tertiary/aromatic N) is 3. The lowest BCUT2D eigenvalue weighted by Crippen LogP contribution is -2.36. The number of aryl methyl sites for hydroxylation is 1. The second-order valence-corrected chi connectivity index (χ2v) is 11.4. The van der Waals surface area contributed by atoms with Crippen LogP contribution in [0.2, 0.25) is 0 Å². The van der Waals surface area contributed by atoms with Crippen molar-refractivity contribution < 1.29 is 18.7 Å². The number of amides is 1. The number of fused-ring (bicyclic) bond motifs is 1. The van der Waals surface area contributed by atoms with Crippen LogP contribution in [0.1, 0.15) is 43.2 Å². The Kier molecular flexibility index (Phi) is 9.09. The van der Waals surface area contributed by atoms with Gasteiger partial charge < -0.3 is 24.1 Å². The minimum absolute atomic E-state index is 0.112. The molecule has 0 spiro atoms. The third-order valence-corrected chi connectivity index (χ3v) is 8.38. The molecule has 3 aromatic carbocycles. The summed E-state index contributed by atoms with van der Waals surface area (Å²) in [4.78, 5) is 22.5. The molecule has 1 aromatic heterocycles. The third kappa shape index (κ3) is 6.72. The summed E-state index contributed by atoms with van der Waals surface area (Å²) in [5.41, 5.74) is 6.60. The van der Waals surface area contributed by atoms with Gasteiger partial charge in [0.1, 0.15) is 5.75 Å². The van der Waals surface area contributed by atoms with Gasteiger partial charge in [0.15, 0.2) is 5.89 Å². The number of hydrogen-bond donors (Lipinski definition) is 1. The van der Waals surface area contributed by atoms with Gasteiger partial charge in [-0.05, 0) is 86.3 Å². The van der Waals surface area contributed by atoms with Crippen LogP contribution in [-0.2, 0) is 16.1 Å². The molecule has 6 rings (SSSR count). The first kappa shape index (κ1) is 29.7. The predicted octanol–water partition coefficient (Wildman–Crippen LogP) is 7.22. The molecule has 0 bridgehead atoms. The first-order valence-electron chi connectivity index (χ1n) is 15.4. The van der Waals surface area contributed by atoms with Crippen molar-refractivity contribution in [1.29, 1.82) is 0 Å². The minimum Gasteiger partial charge on any atom is -0.493 e. The van der Waals surface area contributed by atoms with Gasteiger partial charge in [-0.1, -0.05) is 36.4 Å². The summed E-state index contributed by atoms with van der Waals surface area (Å²) in [7, 11) is 2.17. The van der Waals surface area contributed by atoms with Crippen molar-refractivity contribution >= 4 is 29.2 Å². The number of oxazole rings is 1. The fourth-order valence-electron chi connectivity index (χ4n) is 6.01. The first-order chi connectivity index (χ1) is 21.5. The summed E-state index contributed by atoms with van der Waals surface area (Å²) in [6, 6.07) is 23.0. The van der Waals surface area contributed by atoms with Crippen molar-refractivity contribution in [3.8, 4) is 16.9 Å². The van der Waals surface area contributed by atoms with Crippen molar-refractivity contribution in [2.75, 3.05) is 43.6 Å². The van der Waals surface area contributed by atoms with Gasteiger partial charge in [-0.2, -0.15) is 0 Å². The van der Waals surface area contributed by atoms with Crippen LogP contribution in [0.3, 0.4) is 0 Å². The fourth-order valence-corrected chi connectivity index (χ4v) is 6.01. The van der Waals surface area contributed by atoms with Gasteiger partial charge in [0.25, 0.3) is 5.91 Å². The molecule has 1 N–H and O–H groups in total. The molecule has 1 fully saturated rings. The van der Waals surface area contributed by atoms with Crippen LogP contribution >= 0.6 is 0 Å². The number of aromatic nitrogens is 1. The second kappa shape index (κ2) is 13.5. The Morgan fingerprint density at radius 1 is 1.09 bits per heavy atom. The zero-order valence-corrected chi connectivity index (χ0v) is 25.7. The standard InChI is InChI=1S/C36H40N4O4/c1-4-43-34-8-6-5-7-32(34)27-11-14-33-29(21-27)22-28(15-18-40(33)35-23-37-25(2)44-35)36(41)38-30-12-9-26(10-13-30)24-39(3)31-16-19-42-20-17-31/h5-14,21-23,31H,4,15-20,24H2,1-3H3,(H,38,41). The molecular weight excluding hydrogens is 552 g/mol. The van der Waals surface area contributed by atoms with E-state index in [2.05, 4.69) is 63.5 Å². The molecule has 0 unspecified atom stereocenters. The molecule has 0 radical (unpaired) electrons. The van der Waals surface area contributed by atoms with Gasteiger partial charge in [-0.3, -0.25) is 9.69 Å². The molecule has 8 nitrogen and oxygen atoms in total. The SMILES string of the molecule is CCOc1ccccc1-c1ccc2c(c1)C=C(C(=O)Nc1ccc(CN(C)C3CCOCC3)cc1)CCN2c1cnc(C)o1. The van der Waals surface area contributed by atoms with E-state index in [1.807, 2.05) is 50.3 Å². The highest BCUT2D eigenvalue weighted by atomic mass is 16.5. The van der Waals surface area contributed by atoms with Gasteiger partial charge in [-0.25, -0.2) is 4.98 Å². The number of nitrogens with one attached hydrogen (secondary N) is 1. The Morgan fingerprint density at radius 2 is 1.89 bits per heavy atom. The molecule has 0 saturated carbocycles. The lowest BCUT2D eigenvalue weighted by molar-refractivity contribution is -0.112. The number of para-hydroxylation sites is 1. The van der Waals surface area contributed by atoms with Gasteiger partial charge in [-0.15, -0.1) is 0 Å². The summed E-state index contributed by atoms with van der Waals surface area (Å²) < 4.78 is 17.4. The largest absolute Gasteiger partial charge is 0.493 e. The number of ether oxygens (including phenoxy) is 2. The highest BCUT2D eigenvalue weighted by Crippen LogP contribution is 2.39. The van der Waals surface area contributed by atoms with E-state index >= 15 is 0 Å². The highest BCUT2D eigenvalue weighted by Gasteiger charge is 2.24. The predicted molar refractivity (Wildman–Crippen MR) is 174 cm³/mol. The fraction of sp³-hybridized carbons (Fsp3) is 0.333. The van der Waals surface area contributed by atoms with Crippen molar-refractivity contribution in [3.63, 3.8) is 0 Å². The molecule has 4 aromatic rings. The first-order valence-corrected chi connectivity index (χ1v) is 15.4. The van der Waals surface area contributed by atoms with Gasteiger partial charge in [0.2, 0.25) is 5.88 Å². The Bertz CT molecular complexity index is 1620. The van der Waals surface area contributed by atoms with E-state index < -0.39 is 0 Å². The number of carbonyl (C=O) groups excluding carboxylic acids is 1. The van der Waals surface area contributed by atoms with Crippen molar-refractivity contribution in [2.45, 2.75) is 45.7 Å². The summed E-state index contributed by atoms with van der Waals surface area (Å²) in [5.74, 6) is 1.97.